The summed E-state index contributed by atoms with van der Waals surface area (Å²) in [6.07, 6.45) is 9.60. The van der Waals surface area contributed by atoms with Gasteiger partial charge in [-0.15, -0.1) is 0 Å². The number of benzene rings is 7. The maximum absolute atomic E-state index is 2.38. The van der Waals surface area contributed by atoms with E-state index in [1.54, 1.807) is 0 Å². The molecular formula is C45H34N2. The number of para-hydroxylation sites is 2. The molecule has 0 fully saturated rings. The van der Waals surface area contributed by atoms with Gasteiger partial charge in [-0.2, -0.15) is 0 Å². The smallest absolute Gasteiger partial charge is 0.0540 e. The van der Waals surface area contributed by atoms with E-state index < -0.39 is 0 Å². The topological polar surface area (TPSA) is 6.48 Å². The fourth-order valence-electron chi connectivity index (χ4n) is 6.62. The largest absolute Gasteiger partial charge is 0.310 e. The maximum Gasteiger partial charge on any atom is 0.0540 e. The lowest BCUT2D eigenvalue weighted by Gasteiger charge is -2.28. The van der Waals surface area contributed by atoms with E-state index in [2.05, 4.69) is 204 Å². The van der Waals surface area contributed by atoms with Crippen LogP contribution in [0.5, 0.6) is 0 Å². The fraction of sp³-hybridized carbons (Fsp3) is 0.0222. The van der Waals surface area contributed by atoms with Crippen molar-refractivity contribution in [2.24, 2.45) is 0 Å². The predicted molar refractivity (Wildman–Crippen MR) is 201 cm³/mol. The van der Waals surface area contributed by atoms with Crippen molar-refractivity contribution in [2.75, 3.05) is 9.80 Å². The molecule has 0 saturated heterocycles. The van der Waals surface area contributed by atoms with Crippen LogP contribution in [-0.2, 0) is 6.42 Å². The Labute approximate surface area is 276 Å². The summed E-state index contributed by atoms with van der Waals surface area (Å²) in [5, 5.41) is 2.45. The summed E-state index contributed by atoms with van der Waals surface area (Å²) in [5.74, 6) is 0. The first-order valence-electron chi connectivity index (χ1n) is 16.2. The first kappa shape index (κ1) is 28.4. The molecule has 0 radical (unpaired) electrons. The van der Waals surface area contributed by atoms with E-state index in [-0.39, 0.29) is 0 Å². The van der Waals surface area contributed by atoms with Crippen LogP contribution in [0.1, 0.15) is 11.1 Å². The average Bonchev–Trinajstić information content (AvgIpc) is 3.40. The summed E-state index contributed by atoms with van der Waals surface area (Å²) < 4.78 is 0. The molecule has 1 aliphatic carbocycles. The zero-order valence-corrected chi connectivity index (χ0v) is 26.1. The van der Waals surface area contributed by atoms with Gasteiger partial charge in [-0.1, -0.05) is 133 Å². The molecule has 0 bridgehead atoms. The summed E-state index contributed by atoms with van der Waals surface area (Å²) >= 11 is 0. The quantitative estimate of drug-likeness (QED) is 0.179. The standard InChI is InChI=1S/C45H34N2/c1-4-14-36-16-12-24-44(42(36)22-9-1)46(38-18-5-2-6-19-38)40-30-26-34(27-31-40)35-28-32-41(33-29-35)47(39-20-7-3-8-21-39)45-25-13-17-37-15-10-11-23-43(37)45/h1-21,23-33H,22H2. The SMILES string of the molecule is C1=CCc2c(cccc2N(c2ccccc2)c2ccc(-c3ccc(N(c4ccccc4)c4cccc5ccccc45)cc3)cc2)C=C1. The molecule has 224 valence electrons. The van der Waals surface area contributed by atoms with Gasteiger partial charge in [-0.05, 0) is 94.7 Å². The number of rotatable bonds is 7. The number of nitrogens with zero attached hydrogens (tertiary/aromatic N) is 2. The van der Waals surface area contributed by atoms with E-state index in [0.29, 0.717) is 0 Å². The molecular weight excluding hydrogens is 569 g/mol. The molecule has 0 amide bonds. The van der Waals surface area contributed by atoms with Gasteiger partial charge in [0.2, 0.25) is 0 Å². The van der Waals surface area contributed by atoms with Gasteiger partial charge in [0.25, 0.3) is 0 Å². The third-order valence-corrected chi connectivity index (χ3v) is 8.89. The molecule has 0 saturated carbocycles. The lowest BCUT2D eigenvalue weighted by molar-refractivity contribution is 1.19. The minimum absolute atomic E-state index is 0.894. The number of anilines is 6. The first-order valence-corrected chi connectivity index (χ1v) is 16.2. The second-order valence-corrected chi connectivity index (χ2v) is 11.8. The van der Waals surface area contributed by atoms with E-state index in [0.717, 1.165) is 34.9 Å². The van der Waals surface area contributed by atoms with Crippen LogP contribution < -0.4 is 9.80 Å². The van der Waals surface area contributed by atoms with Crippen LogP contribution in [0.15, 0.2) is 188 Å². The minimum Gasteiger partial charge on any atom is -0.310 e. The molecule has 7 aromatic carbocycles. The monoisotopic (exact) mass is 602 g/mol. The summed E-state index contributed by atoms with van der Waals surface area (Å²) in [6.45, 7) is 0. The van der Waals surface area contributed by atoms with E-state index in [9.17, 15) is 0 Å². The van der Waals surface area contributed by atoms with Crippen molar-refractivity contribution in [3.63, 3.8) is 0 Å². The Hall–Kier alpha value is -6.12. The van der Waals surface area contributed by atoms with Crippen LogP contribution in [0.4, 0.5) is 34.1 Å². The van der Waals surface area contributed by atoms with Crippen molar-refractivity contribution in [1.29, 1.82) is 0 Å². The molecule has 2 nitrogen and oxygen atoms in total. The van der Waals surface area contributed by atoms with E-state index in [1.807, 2.05) is 0 Å². The van der Waals surface area contributed by atoms with Crippen molar-refractivity contribution in [1.82, 2.24) is 0 Å². The highest BCUT2D eigenvalue weighted by molar-refractivity contribution is 5.99. The summed E-state index contributed by atoms with van der Waals surface area (Å²) in [7, 11) is 0. The zero-order chi connectivity index (χ0) is 31.4. The van der Waals surface area contributed by atoms with E-state index >= 15 is 0 Å². The van der Waals surface area contributed by atoms with E-state index in [1.165, 1.54) is 38.7 Å². The number of hydrogen-bond donors (Lipinski definition) is 0. The lowest BCUT2D eigenvalue weighted by Crippen LogP contribution is -2.12. The molecule has 2 heteroatoms. The normalized spacial score (nSPS) is 12.0. The molecule has 0 aliphatic heterocycles. The highest BCUT2D eigenvalue weighted by Gasteiger charge is 2.18. The highest BCUT2D eigenvalue weighted by Crippen LogP contribution is 2.41. The van der Waals surface area contributed by atoms with Gasteiger partial charge in [-0.3, -0.25) is 0 Å². The Balaban J connectivity index is 1.15. The highest BCUT2D eigenvalue weighted by atomic mass is 15.1. The third-order valence-electron chi connectivity index (χ3n) is 8.89. The fourth-order valence-corrected chi connectivity index (χ4v) is 6.62. The van der Waals surface area contributed by atoms with Crippen molar-refractivity contribution in [3.8, 4) is 11.1 Å². The van der Waals surface area contributed by atoms with Gasteiger partial charge in [0.05, 0.1) is 11.4 Å². The molecule has 7 aromatic rings. The van der Waals surface area contributed by atoms with Gasteiger partial charge >= 0.3 is 0 Å². The molecule has 0 unspecified atom stereocenters. The molecule has 0 N–H and O–H groups in total. The average molecular weight is 603 g/mol. The second-order valence-electron chi connectivity index (χ2n) is 11.8. The van der Waals surface area contributed by atoms with Crippen LogP contribution in [-0.4, -0.2) is 0 Å². The van der Waals surface area contributed by atoms with E-state index in [4.69, 9.17) is 0 Å². The van der Waals surface area contributed by atoms with Gasteiger partial charge in [0, 0.05) is 28.1 Å². The Morgan fingerprint density at radius 2 is 0.894 bits per heavy atom. The Morgan fingerprint density at radius 1 is 0.383 bits per heavy atom. The second kappa shape index (κ2) is 12.7. The maximum atomic E-state index is 2.38. The molecule has 0 heterocycles. The van der Waals surface area contributed by atoms with Gasteiger partial charge in [-0.25, -0.2) is 0 Å². The van der Waals surface area contributed by atoms with Gasteiger partial charge in [0.1, 0.15) is 0 Å². The van der Waals surface area contributed by atoms with Crippen molar-refractivity contribution < 1.29 is 0 Å². The third kappa shape index (κ3) is 5.62. The number of hydrogen-bond acceptors (Lipinski definition) is 2. The van der Waals surface area contributed by atoms with Crippen LogP contribution in [0.2, 0.25) is 0 Å². The number of fused-ring (bicyclic) bond motifs is 2. The molecule has 8 rings (SSSR count). The molecule has 0 atom stereocenters. The number of allylic oxidation sites excluding steroid dienone is 3. The van der Waals surface area contributed by atoms with Crippen LogP contribution in [0.25, 0.3) is 28.0 Å². The first-order chi connectivity index (χ1) is 23.3. The molecule has 0 aromatic heterocycles. The summed E-state index contributed by atoms with van der Waals surface area (Å²) in [6, 6.07) is 60.9. The van der Waals surface area contributed by atoms with Crippen molar-refractivity contribution in [2.45, 2.75) is 6.42 Å². The van der Waals surface area contributed by atoms with Crippen LogP contribution >= 0.6 is 0 Å². The Morgan fingerprint density at radius 3 is 1.55 bits per heavy atom. The van der Waals surface area contributed by atoms with Gasteiger partial charge in [0.15, 0.2) is 0 Å². The zero-order valence-electron chi connectivity index (χ0n) is 26.1. The Kier molecular flexibility index (Phi) is 7.67. The lowest BCUT2D eigenvalue weighted by atomic mass is 10.00. The van der Waals surface area contributed by atoms with Crippen LogP contribution in [0.3, 0.4) is 0 Å². The molecule has 0 spiro atoms. The summed E-state index contributed by atoms with van der Waals surface area (Å²) in [5.41, 5.74) is 11.9. The Bertz CT molecular complexity index is 2190. The molecule has 47 heavy (non-hydrogen) atoms. The van der Waals surface area contributed by atoms with Crippen molar-refractivity contribution >= 4 is 51.0 Å². The summed E-state index contributed by atoms with van der Waals surface area (Å²) in [4.78, 5) is 4.72. The van der Waals surface area contributed by atoms with Crippen LogP contribution in [0, 0.1) is 0 Å². The predicted octanol–water partition coefficient (Wildman–Crippen LogP) is 12.6. The van der Waals surface area contributed by atoms with Gasteiger partial charge < -0.3 is 9.80 Å². The minimum atomic E-state index is 0.894. The van der Waals surface area contributed by atoms with Crippen molar-refractivity contribution in [3.05, 3.63) is 199 Å². The molecule has 1 aliphatic rings.